The average molecular weight is 314 g/mol. The number of nitrogens with zero attached hydrogens (tertiary/aromatic N) is 1. The van der Waals surface area contributed by atoms with Crippen LogP contribution in [0.4, 0.5) is 5.69 Å². The van der Waals surface area contributed by atoms with Crippen LogP contribution in [0.5, 0.6) is 0 Å². The predicted octanol–water partition coefficient (Wildman–Crippen LogP) is 3.05. The molecule has 0 aromatic heterocycles. The second kappa shape index (κ2) is 7.62. The molecule has 1 N–H and O–H groups in total. The van der Waals surface area contributed by atoms with E-state index in [4.69, 9.17) is 0 Å². The molecule has 0 saturated heterocycles. The van der Waals surface area contributed by atoms with Gasteiger partial charge >= 0.3 is 0 Å². The third kappa shape index (κ3) is 3.92. The van der Waals surface area contributed by atoms with Gasteiger partial charge in [-0.1, -0.05) is 31.0 Å². The summed E-state index contributed by atoms with van der Waals surface area (Å²) in [6.07, 6.45) is 7.89. The topological polar surface area (TPSA) is 49.4 Å². The number of anilines is 1. The SMILES string of the molecule is O=C(NCCC(=O)N1CCCCc2ccccc21)C1CCCC1. The Balaban J connectivity index is 1.54. The van der Waals surface area contributed by atoms with Crippen molar-refractivity contribution in [2.75, 3.05) is 18.0 Å². The molecule has 3 rings (SSSR count). The zero-order valence-electron chi connectivity index (χ0n) is 13.7. The van der Waals surface area contributed by atoms with Crippen molar-refractivity contribution in [2.45, 2.75) is 51.4 Å². The summed E-state index contributed by atoms with van der Waals surface area (Å²) in [5.41, 5.74) is 2.31. The first-order valence-electron chi connectivity index (χ1n) is 8.91. The smallest absolute Gasteiger partial charge is 0.228 e. The molecule has 1 fully saturated rings. The molecule has 1 heterocycles. The molecule has 124 valence electrons. The number of para-hydroxylation sites is 1. The predicted molar refractivity (Wildman–Crippen MR) is 91.3 cm³/mol. The van der Waals surface area contributed by atoms with Crippen LogP contribution in [-0.4, -0.2) is 24.9 Å². The van der Waals surface area contributed by atoms with Gasteiger partial charge in [0.2, 0.25) is 11.8 Å². The molecule has 4 heteroatoms. The van der Waals surface area contributed by atoms with Crippen molar-refractivity contribution in [3.63, 3.8) is 0 Å². The first kappa shape index (κ1) is 16.0. The van der Waals surface area contributed by atoms with Gasteiger partial charge in [0.05, 0.1) is 0 Å². The molecule has 0 radical (unpaired) electrons. The van der Waals surface area contributed by atoms with Gasteiger partial charge in [-0.3, -0.25) is 9.59 Å². The molecule has 1 aromatic carbocycles. The second-order valence-electron chi connectivity index (χ2n) is 6.65. The Hall–Kier alpha value is -1.84. The van der Waals surface area contributed by atoms with E-state index in [2.05, 4.69) is 11.4 Å². The van der Waals surface area contributed by atoms with Gasteiger partial charge in [-0.25, -0.2) is 0 Å². The number of nitrogens with one attached hydrogen (secondary N) is 1. The van der Waals surface area contributed by atoms with Crippen LogP contribution in [0, 0.1) is 5.92 Å². The van der Waals surface area contributed by atoms with E-state index in [1.54, 1.807) is 0 Å². The van der Waals surface area contributed by atoms with Gasteiger partial charge in [0.1, 0.15) is 0 Å². The molecule has 0 bridgehead atoms. The summed E-state index contributed by atoms with van der Waals surface area (Å²) in [6.45, 7) is 1.24. The number of hydrogen-bond acceptors (Lipinski definition) is 2. The van der Waals surface area contributed by atoms with Crippen LogP contribution >= 0.6 is 0 Å². The molecule has 1 aromatic rings. The first-order chi connectivity index (χ1) is 11.3. The largest absolute Gasteiger partial charge is 0.355 e. The van der Waals surface area contributed by atoms with Gasteiger partial charge in [-0.15, -0.1) is 0 Å². The zero-order chi connectivity index (χ0) is 16.1. The van der Waals surface area contributed by atoms with E-state index in [9.17, 15) is 9.59 Å². The number of hydrogen-bond donors (Lipinski definition) is 1. The molecule has 1 aliphatic carbocycles. The van der Waals surface area contributed by atoms with E-state index >= 15 is 0 Å². The van der Waals surface area contributed by atoms with Crippen LogP contribution in [0.25, 0.3) is 0 Å². The Labute approximate surface area is 138 Å². The second-order valence-corrected chi connectivity index (χ2v) is 6.65. The normalized spacial score (nSPS) is 18.3. The molecule has 0 unspecified atom stereocenters. The minimum atomic E-state index is 0.117. The molecule has 2 aliphatic rings. The van der Waals surface area contributed by atoms with Crippen molar-refractivity contribution in [3.8, 4) is 0 Å². The summed E-state index contributed by atoms with van der Waals surface area (Å²) in [6, 6.07) is 8.18. The third-order valence-corrected chi connectivity index (χ3v) is 5.03. The standard InChI is InChI=1S/C19H26N2O2/c22-18(12-13-20-19(23)16-9-1-2-10-16)21-14-6-5-8-15-7-3-4-11-17(15)21/h3-4,7,11,16H,1-2,5-6,8-10,12-14H2,(H,20,23). The zero-order valence-corrected chi connectivity index (χ0v) is 13.7. The van der Waals surface area contributed by atoms with Crippen LogP contribution in [-0.2, 0) is 16.0 Å². The molecule has 1 aliphatic heterocycles. The van der Waals surface area contributed by atoms with E-state index in [0.29, 0.717) is 13.0 Å². The van der Waals surface area contributed by atoms with Crippen LogP contribution in [0.3, 0.4) is 0 Å². The summed E-state index contributed by atoms with van der Waals surface area (Å²) in [5, 5.41) is 2.95. The third-order valence-electron chi connectivity index (χ3n) is 5.03. The van der Waals surface area contributed by atoms with E-state index < -0.39 is 0 Å². The molecule has 23 heavy (non-hydrogen) atoms. The van der Waals surface area contributed by atoms with Crippen LogP contribution in [0.1, 0.15) is 50.5 Å². The van der Waals surface area contributed by atoms with E-state index in [1.807, 2.05) is 23.1 Å². The lowest BCUT2D eigenvalue weighted by atomic mass is 10.1. The van der Waals surface area contributed by atoms with Crippen molar-refractivity contribution >= 4 is 17.5 Å². The maximum absolute atomic E-state index is 12.6. The number of benzene rings is 1. The Morgan fingerprint density at radius 3 is 2.70 bits per heavy atom. The van der Waals surface area contributed by atoms with Crippen molar-refractivity contribution in [2.24, 2.45) is 5.92 Å². The number of aryl methyl sites for hydroxylation is 1. The molecule has 1 saturated carbocycles. The lowest BCUT2D eigenvalue weighted by Crippen LogP contribution is -2.36. The lowest BCUT2D eigenvalue weighted by Gasteiger charge is -2.23. The molecule has 2 amide bonds. The quantitative estimate of drug-likeness (QED) is 0.928. The molecular formula is C19H26N2O2. The molecule has 0 spiro atoms. The van der Waals surface area contributed by atoms with Crippen molar-refractivity contribution < 1.29 is 9.59 Å². The summed E-state index contributed by atoms with van der Waals surface area (Å²) >= 11 is 0. The minimum absolute atomic E-state index is 0.117. The summed E-state index contributed by atoms with van der Waals surface area (Å²) in [4.78, 5) is 26.5. The highest BCUT2D eigenvalue weighted by Gasteiger charge is 2.23. The number of amides is 2. The summed E-state index contributed by atoms with van der Waals surface area (Å²) in [7, 11) is 0. The van der Waals surface area contributed by atoms with Gasteiger partial charge in [0.25, 0.3) is 0 Å². The van der Waals surface area contributed by atoms with Crippen LogP contribution in [0.2, 0.25) is 0 Å². The maximum atomic E-state index is 12.6. The molecule has 0 atom stereocenters. The summed E-state index contributed by atoms with van der Waals surface area (Å²) < 4.78 is 0. The Kier molecular flexibility index (Phi) is 5.31. The lowest BCUT2D eigenvalue weighted by molar-refractivity contribution is -0.125. The number of fused-ring (bicyclic) bond motifs is 1. The van der Waals surface area contributed by atoms with Gasteiger partial charge in [-0.2, -0.15) is 0 Å². The van der Waals surface area contributed by atoms with Gasteiger partial charge < -0.3 is 10.2 Å². The van der Waals surface area contributed by atoms with Gasteiger partial charge in [0, 0.05) is 31.1 Å². The van der Waals surface area contributed by atoms with Crippen molar-refractivity contribution in [1.29, 1.82) is 0 Å². The average Bonchev–Trinajstić information content (AvgIpc) is 3.01. The number of carbonyl (C=O) groups excluding carboxylic acids is 2. The van der Waals surface area contributed by atoms with Crippen molar-refractivity contribution in [1.82, 2.24) is 5.32 Å². The highest BCUT2D eigenvalue weighted by atomic mass is 16.2. The monoisotopic (exact) mass is 314 g/mol. The van der Waals surface area contributed by atoms with Crippen molar-refractivity contribution in [3.05, 3.63) is 29.8 Å². The first-order valence-corrected chi connectivity index (χ1v) is 8.91. The fourth-order valence-electron chi connectivity index (χ4n) is 3.71. The Morgan fingerprint density at radius 2 is 1.87 bits per heavy atom. The highest BCUT2D eigenvalue weighted by molar-refractivity contribution is 5.94. The van der Waals surface area contributed by atoms with Gasteiger partial charge in [0.15, 0.2) is 0 Å². The van der Waals surface area contributed by atoms with Crippen LogP contribution < -0.4 is 10.2 Å². The fraction of sp³-hybridized carbons (Fsp3) is 0.579. The molecular weight excluding hydrogens is 288 g/mol. The van der Waals surface area contributed by atoms with E-state index in [1.165, 1.54) is 5.56 Å². The summed E-state index contributed by atoms with van der Waals surface area (Å²) in [5.74, 6) is 0.418. The van der Waals surface area contributed by atoms with E-state index in [-0.39, 0.29) is 17.7 Å². The fourth-order valence-corrected chi connectivity index (χ4v) is 3.71. The number of carbonyl (C=O) groups is 2. The number of rotatable bonds is 4. The Morgan fingerprint density at radius 1 is 1.09 bits per heavy atom. The van der Waals surface area contributed by atoms with E-state index in [0.717, 1.165) is 57.2 Å². The van der Waals surface area contributed by atoms with Gasteiger partial charge in [-0.05, 0) is 43.7 Å². The van der Waals surface area contributed by atoms with Crippen LogP contribution in [0.15, 0.2) is 24.3 Å². The maximum Gasteiger partial charge on any atom is 0.228 e. The Bertz CT molecular complexity index is 564. The highest BCUT2D eigenvalue weighted by Crippen LogP contribution is 2.27. The minimum Gasteiger partial charge on any atom is -0.355 e. The molecule has 4 nitrogen and oxygen atoms in total.